The Bertz CT molecular complexity index is 421. The zero-order valence-electron chi connectivity index (χ0n) is 10.8. The molecule has 1 saturated heterocycles. The summed E-state index contributed by atoms with van der Waals surface area (Å²) in [7, 11) is 1.62. The number of morpholine rings is 1. The minimum Gasteiger partial charge on any atom is -0.365 e. The first kappa shape index (κ1) is 13.2. The number of hydrogen-bond donors (Lipinski definition) is 1. The molecule has 1 unspecified atom stereocenters. The number of amides is 1. The summed E-state index contributed by atoms with van der Waals surface area (Å²) in [6.07, 6.45) is -0.421. The van der Waals surface area contributed by atoms with E-state index >= 15 is 0 Å². The van der Waals surface area contributed by atoms with Gasteiger partial charge in [-0.25, -0.2) is 0 Å². The summed E-state index contributed by atoms with van der Waals surface area (Å²) in [5.74, 6) is 0.292. The second-order valence-electron chi connectivity index (χ2n) is 4.50. The van der Waals surface area contributed by atoms with Gasteiger partial charge in [0.2, 0.25) is 5.13 Å². The molecule has 1 amide bonds. The summed E-state index contributed by atoms with van der Waals surface area (Å²) >= 11 is 1.59. The molecule has 1 aliphatic rings. The molecule has 6 nitrogen and oxygen atoms in total. The number of hydrogen-bond acceptors (Lipinski definition) is 6. The number of ether oxygens (including phenoxy) is 1. The standard InChI is InChI=1S/C11H18N4O2S/c1-7(2)10-13-14-11(18-10)15-4-5-17-8(6-15)9(16)12-3/h7-8H,4-6H2,1-3H3,(H,12,16). The Morgan fingerprint density at radius 2 is 2.33 bits per heavy atom. The molecule has 100 valence electrons. The molecule has 2 rings (SSSR count). The molecule has 18 heavy (non-hydrogen) atoms. The third-order valence-corrected chi connectivity index (χ3v) is 4.08. The quantitative estimate of drug-likeness (QED) is 0.872. The van der Waals surface area contributed by atoms with Crippen LogP contribution in [0, 0.1) is 0 Å². The maximum atomic E-state index is 11.6. The molecule has 1 aromatic heterocycles. The topological polar surface area (TPSA) is 67.4 Å². The van der Waals surface area contributed by atoms with Gasteiger partial charge in [0.05, 0.1) is 13.2 Å². The lowest BCUT2D eigenvalue weighted by molar-refractivity contribution is -0.132. The van der Waals surface area contributed by atoms with Gasteiger partial charge in [0, 0.05) is 19.5 Å². The lowest BCUT2D eigenvalue weighted by Crippen LogP contribution is -2.49. The number of likely N-dealkylation sites (N-methyl/N-ethyl adjacent to an activating group) is 1. The predicted molar refractivity (Wildman–Crippen MR) is 70.0 cm³/mol. The van der Waals surface area contributed by atoms with Crippen LogP contribution in [0.2, 0.25) is 0 Å². The van der Waals surface area contributed by atoms with Gasteiger partial charge in [0.1, 0.15) is 5.01 Å². The summed E-state index contributed by atoms with van der Waals surface area (Å²) in [6.45, 7) is 6.01. The first-order chi connectivity index (χ1) is 8.61. The number of carbonyl (C=O) groups excluding carboxylic acids is 1. The molecule has 0 aromatic carbocycles. The van der Waals surface area contributed by atoms with Gasteiger partial charge in [-0.3, -0.25) is 4.79 Å². The van der Waals surface area contributed by atoms with Crippen LogP contribution in [0.4, 0.5) is 5.13 Å². The Labute approximate surface area is 110 Å². The van der Waals surface area contributed by atoms with Gasteiger partial charge < -0.3 is 15.0 Å². The Balaban J connectivity index is 2.05. The second kappa shape index (κ2) is 5.62. The second-order valence-corrected chi connectivity index (χ2v) is 5.48. The van der Waals surface area contributed by atoms with Crippen LogP contribution < -0.4 is 10.2 Å². The molecule has 0 aliphatic carbocycles. The highest BCUT2D eigenvalue weighted by atomic mass is 32.1. The molecular formula is C11H18N4O2S. The van der Waals surface area contributed by atoms with Crippen LogP contribution in [0.15, 0.2) is 0 Å². The molecular weight excluding hydrogens is 252 g/mol. The van der Waals surface area contributed by atoms with E-state index in [-0.39, 0.29) is 5.91 Å². The lowest BCUT2D eigenvalue weighted by Gasteiger charge is -2.31. The first-order valence-electron chi connectivity index (χ1n) is 6.03. The van der Waals surface area contributed by atoms with Crippen molar-refractivity contribution in [2.45, 2.75) is 25.9 Å². The molecule has 7 heteroatoms. The molecule has 1 atom stereocenters. The number of anilines is 1. The molecule has 1 aliphatic heterocycles. The van der Waals surface area contributed by atoms with E-state index in [0.717, 1.165) is 16.7 Å². The van der Waals surface area contributed by atoms with Gasteiger partial charge in [-0.1, -0.05) is 25.2 Å². The Morgan fingerprint density at radius 3 is 2.94 bits per heavy atom. The predicted octanol–water partition coefficient (Wildman–Crippen LogP) is 0.613. The number of aromatic nitrogens is 2. The molecule has 0 bridgehead atoms. The zero-order valence-corrected chi connectivity index (χ0v) is 11.7. The maximum absolute atomic E-state index is 11.6. The Kier molecular flexibility index (Phi) is 4.13. The van der Waals surface area contributed by atoms with Crippen LogP contribution in [-0.4, -0.2) is 49.0 Å². The summed E-state index contributed by atoms with van der Waals surface area (Å²) in [6, 6.07) is 0. The minimum atomic E-state index is -0.421. The summed E-state index contributed by atoms with van der Waals surface area (Å²) in [5, 5.41) is 12.9. The maximum Gasteiger partial charge on any atom is 0.250 e. The normalized spacial score (nSPS) is 20.2. The van der Waals surface area contributed by atoms with Gasteiger partial charge in [0.15, 0.2) is 6.10 Å². The van der Waals surface area contributed by atoms with Crippen molar-refractivity contribution < 1.29 is 9.53 Å². The van der Waals surface area contributed by atoms with E-state index in [1.807, 2.05) is 0 Å². The first-order valence-corrected chi connectivity index (χ1v) is 6.85. The van der Waals surface area contributed by atoms with Crippen LogP contribution in [0.5, 0.6) is 0 Å². The molecule has 1 aromatic rings. The molecule has 1 N–H and O–H groups in total. The highest BCUT2D eigenvalue weighted by Gasteiger charge is 2.27. The monoisotopic (exact) mass is 270 g/mol. The van der Waals surface area contributed by atoms with E-state index in [0.29, 0.717) is 19.1 Å². The summed E-state index contributed by atoms with van der Waals surface area (Å²) in [5.41, 5.74) is 0. The van der Waals surface area contributed by atoms with Crippen LogP contribution in [0.3, 0.4) is 0 Å². The van der Waals surface area contributed by atoms with Crippen LogP contribution in [0.1, 0.15) is 24.8 Å². The molecule has 0 radical (unpaired) electrons. The van der Waals surface area contributed by atoms with Gasteiger partial charge in [-0.2, -0.15) is 0 Å². The molecule has 1 fully saturated rings. The molecule has 2 heterocycles. The van der Waals surface area contributed by atoms with E-state index < -0.39 is 6.10 Å². The van der Waals surface area contributed by atoms with E-state index in [1.165, 1.54) is 0 Å². The van der Waals surface area contributed by atoms with Gasteiger partial charge in [0.25, 0.3) is 5.91 Å². The Hall–Kier alpha value is -1.21. The van der Waals surface area contributed by atoms with Crippen LogP contribution in [0.25, 0.3) is 0 Å². The van der Waals surface area contributed by atoms with Crippen molar-refractivity contribution in [1.29, 1.82) is 0 Å². The molecule has 0 spiro atoms. The van der Waals surface area contributed by atoms with Crippen molar-refractivity contribution in [3.63, 3.8) is 0 Å². The number of nitrogens with zero attached hydrogens (tertiary/aromatic N) is 3. The van der Waals surface area contributed by atoms with Gasteiger partial charge in [-0.05, 0) is 0 Å². The Morgan fingerprint density at radius 1 is 1.56 bits per heavy atom. The van der Waals surface area contributed by atoms with E-state index in [1.54, 1.807) is 18.4 Å². The molecule has 0 saturated carbocycles. The fraction of sp³-hybridized carbons (Fsp3) is 0.727. The number of nitrogens with one attached hydrogen (secondary N) is 1. The van der Waals surface area contributed by atoms with Crippen molar-refractivity contribution in [3.05, 3.63) is 5.01 Å². The summed E-state index contributed by atoms with van der Waals surface area (Å²) < 4.78 is 5.44. The SMILES string of the molecule is CNC(=O)C1CN(c2nnc(C(C)C)s2)CCO1. The van der Waals surface area contributed by atoms with E-state index in [2.05, 4.69) is 34.3 Å². The summed E-state index contributed by atoms with van der Waals surface area (Å²) in [4.78, 5) is 13.6. The average Bonchev–Trinajstić information content (AvgIpc) is 2.88. The van der Waals surface area contributed by atoms with Crippen molar-refractivity contribution in [2.24, 2.45) is 0 Å². The van der Waals surface area contributed by atoms with Crippen LogP contribution in [-0.2, 0) is 9.53 Å². The lowest BCUT2D eigenvalue weighted by atomic mass is 10.2. The highest BCUT2D eigenvalue weighted by Crippen LogP contribution is 2.26. The van der Waals surface area contributed by atoms with E-state index in [4.69, 9.17) is 4.74 Å². The van der Waals surface area contributed by atoms with E-state index in [9.17, 15) is 4.79 Å². The van der Waals surface area contributed by atoms with Crippen molar-refractivity contribution in [1.82, 2.24) is 15.5 Å². The largest absolute Gasteiger partial charge is 0.365 e. The van der Waals surface area contributed by atoms with Gasteiger partial charge >= 0.3 is 0 Å². The fourth-order valence-electron chi connectivity index (χ4n) is 1.73. The number of rotatable bonds is 3. The minimum absolute atomic E-state index is 0.0895. The fourth-order valence-corrected chi connectivity index (χ4v) is 2.61. The zero-order chi connectivity index (χ0) is 13.1. The third-order valence-electron chi connectivity index (χ3n) is 2.80. The number of carbonyl (C=O) groups is 1. The smallest absolute Gasteiger partial charge is 0.250 e. The van der Waals surface area contributed by atoms with Crippen LogP contribution >= 0.6 is 11.3 Å². The van der Waals surface area contributed by atoms with Crippen molar-refractivity contribution in [2.75, 3.05) is 31.6 Å². The van der Waals surface area contributed by atoms with Crippen molar-refractivity contribution >= 4 is 22.4 Å². The average molecular weight is 270 g/mol. The highest BCUT2D eigenvalue weighted by molar-refractivity contribution is 7.15. The third kappa shape index (κ3) is 2.78. The van der Waals surface area contributed by atoms with Gasteiger partial charge in [-0.15, -0.1) is 10.2 Å². The van der Waals surface area contributed by atoms with Crippen molar-refractivity contribution in [3.8, 4) is 0 Å².